The summed E-state index contributed by atoms with van der Waals surface area (Å²) < 4.78 is 1.56. The van der Waals surface area contributed by atoms with Crippen molar-refractivity contribution in [3.05, 3.63) is 83.6 Å². The number of hydrogen-bond acceptors (Lipinski definition) is 7. The van der Waals surface area contributed by atoms with E-state index < -0.39 is 5.41 Å². The van der Waals surface area contributed by atoms with Gasteiger partial charge in [-0.05, 0) is 45.1 Å². The van der Waals surface area contributed by atoms with Crippen molar-refractivity contribution in [1.82, 2.24) is 34.7 Å². The summed E-state index contributed by atoms with van der Waals surface area (Å²) in [5.41, 5.74) is 13.0. The smallest absolute Gasteiger partial charge is 0.272 e. The number of Topliss-reactive ketones (excluding diaryl/α,β-unsaturated/α-hetero) is 1. The maximum Gasteiger partial charge on any atom is 0.272 e. The molecule has 2 atom stereocenters. The number of aromatic nitrogens is 6. The Morgan fingerprint density at radius 2 is 1.77 bits per heavy atom. The molecule has 2 bridgehead atoms. The van der Waals surface area contributed by atoms with Crippen LogP contribution in [0.15, 0.2) is 61.1 Å². The molecule has 0 radical (unpaired) electrons. The van der Waals surface area contributed by atoms with E-state index in [-0.39, 0.29) is 29.6 Å². The number of nitrogens with two attached hydrogens (primary N) is 1. The first-order chi connectivity index (χ1) is 20.8. The van der Waals surface area contributed by atoms with E-state index in [9.17, 15) is 9.59 Å². The summed E-state index contributed by atoms with van der Waals surface area (Å²) in [6, 6.07) is 14.1. The summed E-state index contributed by atoms with van der Waals surface area (Å²) >= 11 is 0. The first-order valence-corrected chi connectivity index (χ1v) is 14.8. The van der Waals surface area contributed by atoms with Crippen LogP contribution >= 0.6 is 0 Å². The van der Waals surface area contributed by atoms with Gasteiger partial charge in [-0.25, -0.2) is 4.98 Å². The van der Waals surface area contributed by atoms with Gasteiger partial charge >= 0.3 is 0 Å². The van der Waals surface area contributed by atoms with Crippen LogP contribution in [0.25, 0.3) is 28.0 Å². The molecule has 5 aromatic rings. The van der Waals surface area contributed by atoms with Crippen LogP contribution in [0.4, 0.5) is 5.82 Å². The van der Waals surface area contributed by atoms with E-state index in [1.807, 2.05) is 60.5 Å². The van der Waals surface area contributed by atoms with Crippen LogP contribution < -0.4 is 5.73 Å². The summed E-state index contributed by atoms with van der Waals surface area (Å²) in [6.07, 6.45) is 9.21. The van der Waals surface area contributed by atoms with Crippen molar-refractivity contribution in [3.8, 4) is 22.4 Å². The van der Waals surface area contributed by atoms with Gasteiger partial charge in [0.25, 0.3) is 5.91 Å². The number of rotatable bonds is 6. The quantitative estimate of drug-likeness (QED) is 0.264. The first-order valence-electron chi connectivity index (χ1n) is 14.8. The molecule has 2 aliphatic heterocycles. The maximum absolute atomic E-state index is 13.7. The fraction of sp³-hybridized carbons (Fsp3) is 0.333. The Labute approximate surface area is 249 Å². The van der Waals surface area contributed by atoms with Gasteiger partial charge in [-0.15, -0.1) is 0 Å². The van der Waals surface area contributed by atoms with Gasteiger partial charge in [0.1, 0.15) is 11.5 Å². The van der Waals surface area contributed by atoms with Crippen molar-refractivity contribution in [2.45, 2.75) is 70.4 Å². The molecule has 2 unspecified atom stereocenters. The Bertz CT molecular complexity index is 1840. The van der Waals surface area contributed by atoms with Crippen LogP contribution in [0.3, 0.4) is 0 Å². The van der Waals surface area contributed by atoms with E-state index in [4.69, 9.17) is 15.7 Å². The first kappa shape index (κ1) is 27.0. The summed E-state index contributed by atoms with van der Waals surface area (Å²) in [5, 5.41) is 11.6. The summed E-state index contributed by atoms with van der Waals surface area (Å²) in [7, 11) is 0. The molecule has 0 spiro atoms. The van der Waals surface area contributed by atoms with Gasteiger partial charge in [0.05, 0.1) is 29.3 Å². The van der Waals surface area contributed by atoms with Crippen LogP contribution in [0, 0.1) is 0 Å². The normalized spacial score (nSPS) is 21.4. The molecule has 10 nitrogen and oxygen atoms in total. The van der Waals surface area contributed by atoms with E-state index >= 15 is 0 Å². The number of pyridine rings is 1. The summed E-state index contributed by atoms with van der Waals surface area (Å²) in [5.74, 6) is 0.137. The number of aromatic amines is 1. The van der Waals surface area contributed by atoms with E-state index in [0.29, 0.717) is 35.4 Å². The van der Waals surface area contributed by atoms with E-state index in [0.717, 1.165) is 47.2 Å². The highest BCUT2D eigenvalue weighted by atomic mass is 16.2. The largest absolute Gasteiger partial charge is 0.383 e. The monoisotopic (exact) mass is 574 g/mol. The number of nitrogens with one attached hydrogen (secondary N) is 1. The second-order valence-corrected chi connectivity index (χ2v) is 12.1. The number of hydrogen-bond donors (Lipinski definition) is 2. The number of nitrogens with zero attached hydrogens (tertiary/aromatic N) is 6. The molecule has 10 heteroatoms. The van der Waals surface area contributed by atoms with Crippen LogP contribution in [0.1, 0.15) is 78.6 Å². The highest BCUT2D eigenvalue weighted by molar-refractivity contribution is 6.01. The third-order valence-corrected chi connectivity index (χ3v) is 9.29. The average molecular weight is 575 g/mol. The zero-order chi connectivity index (χ0) is 29.9. The molecular formula is C33H34N8O2. The molecule has 43 heavy (non-hydrogen) atoms. The number of ketones is 1. The van der Waals surface area contributed by atoms with Crippen molar-refractivity contribution in [3.63, 3.8) is 0 Å². The Morgan fingerprint density at radius 1 is 1.02 bits per heavy atom. The van der Waals surface area contributed by atoms with Crippen molar-refractivity contribution < 1.29 is 9.59 Å². The molecule has 0 saturated carbocycles. The van der Waals surface area contributed by atoms with Crippen LogP contribution in [0.5, 0.6) is 0 Å². The second kappa shape index (κ2) is 10.1. The second-order valence-electron chi connectivity index (χ2n) is 12.1. The van der Waals surface area contributed by atoms with E-state index in [1.54, 1.807) is 16.9 Å². The number of fused-ring (bicyclic) bond motifs is 3. The van der Waals surface area contributed by atoms with Crippen LogP contribution in [-0.2, 0) is 11.8 Å². The van der Waals surface area contributed by atoms with Crippen molar-refractivity contribution in [2.24, 2.45) is 0 Å². The molecule has 2 fully saturated rings. The number of carbonyl (C=O) groups is 2. The number of benzene rings is 1. The number of anilines is 1. The van der Waals surface area contributed by atoms with Gasteiger partial charge in [-0.1, -0.05) is 50.2 Å². The SMILES string of the molecule is CCc1cn[nH]c1C(=O)N1C2CCC1CC(C)(c1nc3c(-c4ccc(-c5ccccc5)nc4)cnn3c(N)c1C(C)=O)C2. The Morgan fingerprint density at radius 3 is 2.42 bits per heavy atom. The number of aryl methyl sites for hydroxylation is 1. The van der Waals surface area contributed by atoms with Gasteiger partial charge in [0, 0.05) is 45.9 Å². The van der Waals surface area contributed by atoms with E-state index in [1.165, 1.54) is 6.92 Å². The Hall–Kier alpha value is -4.86. The standard InChI is InChI=1S/C33H34N8O2/c1-4-20-17-36-39-28(20)32(43)40-23-11-12-24(40)15-33(3,14-23)29-27(19(2)42)30(34)41-31(38-29)25(18-37-41)22-10-13-26(35-16-22)21-8-6-5-7-9-21/h5-10,13,16-18,23-24H,4,11-12,14-15,34H2,1-3H3,(H,36,39). The zero-order valence-electron chi connectivity index (χ0n) is 24.5. The molecule has 3 N–H and O–H groups in total. The fourth-order valence-electron chi connectivity index (χ4n) is 7.24. The molecular weight excluding hydrogens is 540 g/mol. The molecule has 4 aromatic heterocycles. The predicted octanol–water partition coefficient (Wildman–Crippen LogP) is 5.25. The van der Waals surface area contributed by atoms with Crippen molar-refractivity contribution >= 4 is 23.2 Å². The summed E-state index contributed by atoms with van der Waals surface area (Å²) in [4.78, 5) is 38.7. The molecule has 1 aromatic carbocycles. The number of carbonyl (C=O) groups excluding carboxylic acids is 2. The molecule has 1 amide bonds. The predicted molar refractivity (Wildman–Crippen MR) is 164 cm³/mol. The molecule has 2 saturated heterocycles. The topological polar surface area (TPSA) is 135 Å². The number of amides is 1. The highest BCUT2D eigenvalue weighted by Crippen LogP contribution is 2.49. The third-order valence-electron chi connectivity index (χ3n) is 9.29. The number of H-pyrrole nitrogens is 1. The molecule has 218 valence electrons. The minimum Gasteiger partial charge on any atom is -0.383 e. The van der Waals surface area contributed by atoms with Gasteiger partial charge < -0.3 is 10.6 Å². The fourth-order valence-corrected chi connectivity index (χ4v) is 7.24. The van der Waals surface area contributed by atoms with Gasteiger partial charge in [-0.3, -0.25) is 19.7 Å². The number of piperidine rings is 1. The minimum absolute atomic E-state index is 0.00291. The minimum atomic E-state index is -0.460. The lowest BCUT2D eigenvalue weighted by Crippen LogP contribution is -2.52. The van der Waals surface area contributed by atoms with Crippen LogP contribution in [0.2, 0.25) is 0 Å². The lowest BCUT2D eigenvalue weighted by molar-refractivity contribution is 0.0480. The Balaban J connectivity index is 1.28. The third kappa shape index (κ3) is 4.31. The van der Waals surface area contributed by atoms with Crippen LogP contribution in [-0.4, -0.2) is 58.5 Å². The molecule has 7 rings (SSSR count). The van der Waals surface area contributed by atoms with Crippen molar-refractivity contribution in [2.75, 3.05) is 5.73 Å². The lowest BCUT2D eigenvalue weighted by atomic mass is 9.72. The van der Waals surface area contributed by atoms with Gasteiger partial charge in [-0.2, -0.15) is 14.7 Å². The Kier molecular flexibility index (Phi) is 6.37. The highest BCUT2D eigenvalue weighted by Gasteiger charge is 2.51. The maximum atomic E-state index is 13.7. The number of nitrogen functional groups attached to an aromatic ring is 1. The van der Waals surface area contributed by atoms with Gasteiger partial charge in [0.2, 0.25) is 0 Å². The molecule has 2 aliphatic rings. The summed E-state index contributed by atoms with van der Waals surface area (Å²) in [6.45, 7) is 5.71. The lowest BCUT2D eigenvalue weighted by Gasteiger charge is -2.45. The van der Waals surface area contributed by atoms with E-state index in [2.05, 4.69) is 22.2 Å². The zero-order valence-corrected chi connectivity index (χ0v) is 24.5. The van der Waals surface area contributed by atoms with Crippen molar-refractivity contribution in [1.29, 1.82) is 0 Å². The molecule has 0 aliphatic carbocycles. The van der Waals surface area contributed by atoms with Gasteiger partial charge in [0.15, 0.2) is 11.4 Å². The molecule has 6 heterocycles. The average Bonchev–Trinajstić information content (AvgIpc) is 3.74.